The van der Waals surface area contributed by atoms with Gasteiger partial charge in [0.1, 0.15) is 5.75 Å². The Morgan fingerprint density at radius 1 is 1.33 bits per heavy atom. The monoisotopic (exact) mass is 322 g/mol. The molecule has 0 aliphatic heterocycles. The SMILES string of the molecule is COc1cccc(NC(=O)CSc2cc(Cl)ccc2N)c1. The number of rotatable bonds is 5. The highest BCUT2D eigenvalue weighted by Gasteiger charge is 2.07. The van der Waals surface area contributed by atoms with Crippen molar-refractivity contribution in [2.45, 2.75) is 4.90 Å². The standard InChI is InChI=1S/C15H15ClN2O2S/c1-20-12-4-2-3-11(8-12)18-15(19)9-21-14-7-10(16)5-6-13(14)17/h2-8H,9,17H2,1H3,(H,18,19). The summed E-state index contributed by atoms with van der Waals surface area (Å²) < 4.78 is 5.11. The second-order valence-corrected chi connectivity index (χ2v) is 5.70. The van der Waals surface area contributed by atoms with Crippen LogP contribution in [0.25, 0.3) is 0 Å². The average molecular weight is 323 g/mol. The Labute approximate surface area is 132 Å². The number of hydrogen-bond acceptors (Lipinski definition) is 4. The van der Waals surface area contributed by atoms with E-state index in [1.165, 1.54) is 11.8 Å². The molecule has 0 saturated carbocycles. The molecular weight excluding hydrogens is 308 g/mol. The molecule has 0 bridgehead atoms. The number of anilines is 2. The van der Waals surface area contributed by atoms with Gasteiger partial charge in [0.25, 0.3) is 0 Å². The molecule has 0 aliphatic rings. The number of halogens is 1. The van der Waals surface area contributed by atoms with E-state index in [2.05, 4.69) is 5.32 Å². The van der Waals surface area contributed by atoms with Crippen molar-refractivity contribution in [1.29, 1.82) is 0 Å². The van der Waals surface area contributed by atoms with Crippen LogP contribution in [0.4, 0.5) is 11.4 Å². The van der Waals surface area contributed by atoms with Crippen molar-refractivity contribution >= 4 is 40.6 Å². The Bertz CT molecular complexity index is 649. The summed E-state index contributed by atoms with van der Waals surface area (Å²) in [6.07, 6.45) is 0. The molecule has 0 atom stereocenters. The van der Waals surface area contributed by atoms with Gasteiger partial charge in [-0.05, 0) is 30.3 Å². The molecule has 0 spiro atoms. The number of nitrogens with one attached hydrogen (secondary N) is 1. The van der Waals surface area contributed by atoms with Crippen LogP contribution in [0.5, 0.6) is 5.75 Å². The number of methoxy groups -OCH3 is 1. The molecule has 3 N–H and O–H groups in total. The fourth-order valence-corrected chi connectivity index (χ4v) is 2.71. The quantitative estimate of drug-likeness (QED) is 0.651. The van der Waals surface area contributed by atoms with Gasteiger partial charge in [0.05, 0.1) is 12.9 Å². The van der Waals surface area contributed by atoms with E-state index in [9.17, 15) is 4.79 Å². The van der Waals surface area contributed by atoms with Crippen LogP contribution in [-0.4, -0.2) is 18.8 Å². The molecule has 0 fully saturated rings. The topological polar surface area (TPSA) is 64.3 Å². The van der Waals surface area contributed by atoms with Crippen LogP contribution in [0, 0.1) is 0 Å². The van der Waals surface area contributed by atoms with Crippen molar-refractivity contribution in [3.05, 3.63) is 47.5 Å². The maximum absolute atomic E-state index is 11.9. The zero-order valence-corrected chi connectivity index (χ0v) is 13.0. The predicted molar refractivity (Wildman–Crippen MR) is 88.2 cm³/mol. The number of nitrogens with two attached hydrogens (primary N) is 1. The molecule has 1 amide bonds. The van der Waals surface area contributed by atoms with Crippen molar-refractivity contribution in [2.75, 3.05) is 23.9 Å². The molecule has 110 valence electrons. The number of ether oxygens (including phenoxy) is 1. The second-order valence-electron chi connectivity index (χ2n) is 4.25. The van der Waals surface area contributed by atoms with Crippen LogP contribution in [0.3, 0.4) is 0 Å². The summed E-state index contributed by atoms with van der Waals surface area (Å²) in [6.45, 7) is 0. The highest BCUT2D eigenvalue weighted by Crippen LogP contribution is 2.28. The third-order valence-corrected chi connectivity index (χ3v) is 3.99. The van der Waals surface area contributed by atoms with E-state index in [0.717, 1.165) is 4.90 Å². The first-order chi connectivity index (χ1) is 10.1. The van der Waals surface area contributed by atoms with Gasteiger partial charge >= 0.3 is 0 Å². The Balaban J connectivity index is 1.94. The summed E-state index contributed by atoms with van der Waals surface area (Å²) in [5.74, 6) is 0.828. The van der Waals surface area contributed by atoms with Gasteiger partial charge in [-0.3, -0.25) is 4.79 Å². The first-order valence-electron chi connectivity index (χ1n) is 6.20. The lowest BCUT2D eigenvalue weighted by Crippen LogP contribution is -2.14. The summed E-state index contributed by atoms with van der Waals surface area (Å²) in [5, 5.41) is 3.40. The minimum Gasteiger partial charge on any atom is -0.497 e. The third kappa shape index (κ3) is 4.58. The average Bonchev–Trinajstić information content (AvgIpc) is 2.48. The molecule has 4 nitrogen and oxygen atoms in total. The van der Waals surface area contributed by atoms with Gasteiger partial charge < -0.3 is 15.8 Å². The molecule has 0 aromatic heterocycles. The molecule has 0 radical (unpaired) electrons. The third-order valence-electron chi connectivity index (χ3n) is 2.69. The number of amides is 1. The van der Waals surface area contributed by atoms with Gasteiger partial charge in [-0.25, -0.2) is 0 Å². The number of benzene rings is 2. The van der Waals surface area contributed by atoms with E-state index in [-0.39, 0.29) is 11.7 Å². The van der Waals surface area contributed by atoms with Gasteiger partial charge in [-0.2, -0.15) is 0 Å². The molecule has 0 aliphatic carbocycles. The molecular formula is C15H15ClN2O2S. The van der Waals surface area contributed by atoms with Crippen LogP contribution in [0.2, 0.25) is 5.02 Å². The van der Waals surface area contributed by atoms with E-state index >= 15 is 0 Å². The van der Waals surface area contributed by atoms with Gasteiger partial charge in [0.15, 0.2) is 0 Å². The van der Waals surface area contributed by atoms with E-state index < -0.39 is 0 Å². The van der Waals surface area contributed by atoms with Gasteiger partial charge in [-0.15, -0.1) is 11.8 Å². The van der Waals surface area contributed by atoms with Crippen LogP contribution < -0.4 is 15.8 Å². The molecule has 2 aromatic carbocycles. The van der Waals surface area contributed by atoms with E-state index in [4.69, 9.17) is 22.1 Å². The number of carbonyl (C=O) groups is 1. The van der Waals surface area contributed by atoms with Crippen LogP contribution in [0.1, 0.15) is 0 Å². The minimum absolute atomic E-state index is 0.118. The lowest BCUT2D eigenvalue weighted by atomic mass is 10.3. The summed E-state index contributed by atoms with van der Waals surface area (Å²) in [6, 6.07) is 12.4. The van der Waals surface area contributed by atoms with Crippen molar-refractivity contribution < 1.29 is 9.53 Å². The Morgan fingerprint density at radius 2 is 2.14 bits per heavy atom. The first kappa shape index (κ1) is 15.5. The first-order valence-corrected chi connectivity index (χ1v) is 7.56. The Hall–Kier alpha value is -1.85. The Morgan fingerprint density at radius 3 is 2.90 bits per heavy atom. The van der Waals surface area contributed by atoms with Crippen molar-refractivity contribution in [3.8, 4) is 5.75 Å². The number of thioether (sulfide) groups is 1. The maximum Gasteiger partial charge on any atom is 0.234 e. The van der Waals surface area contributed by atoms with Crippen molar-refractivity contribution in [2.24, 2.45) is 0 Å². The number of nitrogen functional groups attached to an aromatic ring is 1. The molecule has 2 aromatic rings. The summed E-state index contributed by atoms with van der Waals surface area (Å²) in [7, 11) is 1.58. The largest absolute Gasteiger partial charge is 0.497 e. The summed E-state index contributed by atoms with van der Waals surface area (Å²) >= 11 is 7.26. The Kier molecular flexibility index (Phi) is 5.36. The molecule has 21 heavy (non-hydrogen) atoms. The van der Waals surface area contributed by atoms with E-state index in [1.54, 1.807) is 37.4 Å². The van der Waals surface area contributed by atoms with Crippen molar-refractivity contribution in [1.82, 2.24) is 0 Å². The fraction of sp³-hybridized carbons (Fsp3) is 0.133. The molecule has 0 saturated heterocycles. The molecule has 2 rings (SSSR count). The van der Waals surface area contributed by atoms with Crippen LogP contribution in [-0.2, 0) is 4.79 Å². The smallest absolute Gasteiger partial charge is 0.234 e. The fourth-order valence-electron chi connectivity index (χ4n) is 1.67. The van der Waals surface area contributed by atoms with E-state index in [0.29, 0.717) is 22.1 Å². The molecule has 6 heteroatoms. The number of hydrogen-bond donors (Lipinski definition) is 2. The van der Waals surface area contributed by atoms with Crippen LogP contribution >= 0.6 is 23.4 Å². The summed E-state index contributed by atoms with van der Waals surface area (Å²) in [5.41, 5.74) is 7.14. The van der Waals surface area contributed by atoms with E-state index in [1.807, 2.05) is 12.1 Å². The van der Waals surface area contributed by atoms with Gasteiger partial charge in [0, 0.05) is 27.4 Å². The maximum atomic E-state index is 11.9. The molecule has 0 unspecified atom stereocenters. The zero-order valence-electron chi connectivity index (χ0n) is 11.4. The molecule has 0 heterocycles. The predicted octanol–water partition coefficient (Wildman–Crippen LogP) is 3.66. The van der Waals surface area contributed by atoms with Crippen molar-refractivity contribution in [3.63, 3.8) is 0 Å². The second kappa shape index (κ2) is 7.24. The summed E-state index contributed by atoms with van der Waals surface area (Å²) in [4.78, 5) is 12.7. The normalized spacial score (nSPS) is 10.2. The highest BCUT2D eigenvalue weighted by atomic mass is 35.5. The van der Waals surface area contributed by atoms with Crippen LogP contribution in [0.15, 0.2) is 47.4 Å². The lowest BCUT2D eigenvalue weighted by molar-refractivity contribution is -0.113. The number of carbonyl (C=O) groups excluding carboxylic acids is 1. The zero-order chi connectivity index (χ0) is 15.2. The lowest BCUT2D eigenvalue weighted by Gasteiger charge is -2.08. The minimum atomic E-state index is -0.118. The van der Waals surface area contributed by atoms with Gasteiger partial charge in [0.2, 0.25) is 5.91 Å². The van der Waals surface area contributed by atoms with Gasteiger partial charge in [-0.1, -0.05) is 17.7 Å². The highest BCUT2D eigenvalue weighted by molar-refractivity contribution is 8.00.